The summed E-state index contributed by atoms with van der Waals surface area (Å²) in [5.41, 5.74) is 0. The maximum absolute atomic E-state index is 5.42. The van der Waals surface area contributed by atoms with E-state index in [9.17, 15) is 0 Å². The van der Waals surface area contributed by atoms with Gasteiger partial charge in [-0.25, -0.2) is 0 Å². The third kappa shape index (κ3) is 2.27. The van der Waals surface area contributed by atoms with Crippen LogP contribution in [0.2, 0.25) is 0 Å². The summed E-state index contributed by atoms with van der Waals surface area (Å²) in [6.07, 6.45) is 1.15. The second-order valence-corrected chi connectivity index (χ2v) is 3.15. The first-order chi connectivity index (χ1) is 4.80. The minimum atomic E-state index is 0.611. The van der Waals surface area contributed by atoms with Gasteiger partial charge in [-0.3, -0.25) is 0 Å². The van der Waals surface area contributed by atoms with Gasteiger partial charge in [0.1, 0.15) is 0 Å². The molecule has 0 aromatic rings. The van der Waals surface area contributed by atoms with Crippen molar-refractivity contribution in [2.75, 3.05) is 19.8 Å². The van der Waals surface area contributed by atoms with Crippen molar-refractivity contribution < 1.29 is 4.74 Å². The lowest BCUT2D eigenvalue weighted by atomic mass is 10.0. The zero-order valence-corrected chi connectivity index (χ0v) is 6.89. The van der Waals surface area contributed by atoms with Crippen molar-refractivity contribution in [3.63, 3.8) is 0 Å². The minimum Gasteiger partial charge on any atom is -0.381 e. The first-order valence-corrected chi connectivity index (χ1v) is 4.12. The van der Waals surface area contributed by atoms with Gasteiger partial charge in [-0.1, -0.05) is 6.92 Å². The van der Waals surface area contributed by atoms with Gasteiger partial charge < -0.3 is 10.1 Å². The molecule has 1 aliphatic heterocycles. The van der Waals surface area contributed by atoms with Crippen LogP contribution in [-0.2, 0) is 4.74 Å². The molecule has 60 valence electrons. The van der Waals surface area contributed by atoms with Crippen LogP contribution < -0.4 is 5.32 Å². The van der Waals surface area contributed by atoms with Crippen molar-refractivity contribution in [1.29, 1.82) is 0 Å². The van der Waals surface area contributed by atoms with E-state index in [1.807, 2.05) is 0 Å². The van der Waals surface area contributed by atoms with Crippen molar-refractivity contribution in [2.45, 2.75) is 26.3 Å². The lowest BCUT2D eigenvalue weighted by molar-refractivity contribution is 0.0781. The third-order valence-corrected chi connectivity index (χ3v) is 2.17. The Kier molecular flexibility index (Phi) is 3.16. The van der Waals surface area contributed by atoms with Crippen molar-refractivity contribution in [1.82, 2.24) is 5.32 Å². The summed E-state index contributed by atoms with van der Waals surface area (Å²) in [6.45, 7) is 7.38. The number of rotatable bonds is 0. The van der Waals surface area contributed by atoms with Gasteiger partial charge >= 0.3 is 0 Å². The topological polar surface area (TPSA) is 21.3 Å². The van der Waals surface area contributed by atoms with E-state index in [0.717, 1.165) is 26.2 Å². The van der Waals surface area contributed by atoms with Crippen LogP contribution in [0, 0.1) is 5.92 Å². The second-order valence-electron chi connectivity index (χ2n) is 3.15. The second kappa shape index (κ2) is 3.94. The summed E-state index contributed by atoms with van der Waals surface area (Å²) >= 11 is 0. The van der Waals surface area contributed by atoms with Crippen LogP contribution in [0.4, 0.5) is 0 Å². The monoisotopic (exact) mass is 143 g/mol. The Hall–Kier alpha value is -0.0800. The summed E-state index contributed by atoms with van der Waals surface area (Å²) in [6, 6.07) is 0.611. The molecule has 0 aromatic heterocycles. The molecule has 1 saturated heterocycles. The van der Waals surface area contributed by atoms with Crippen molar-refractivity contribution in [3.8, 4) is 0 Å². The van der Waals surface area contributed by atoms with E-state index in [1.165, 1.54) is 0 Å². The molecule has 1 N–H and O–H groups in total. The summed E-state index contributed by atoms with van der Waals surface area (Å²) in [4.78, 5) is 0. The number of hydrogen-bond donors (Lipinski definition) is 1. The van der Waals surface area contributed by atoms with Crippen LogP contribution in [0.1, 0.15) is 20.3 Å². The van der Waals surface area contributed by atoms with E-state index in [0.29, 0.717) is 12.0 Å². The Morgan fingerprint density at radius 1 is 1.40 bits per heavy atom. The maximum Gasteiger partial charge on any atom is 0.0506 e. The van der Waals surface area contributed by atoms with E-state index >= 15 is 0 Å². The van der Waals surface area contributed by atoms with Gasteiger partial charge in [0.05, 0.1) is 6.61 Å². The Labute approximate surface area is 63.0 Å². The zero-order chi connectivity index (χ0) is 7.40. The van der Waals surface area contributed by atoms with Crippen molar-refractivity contribution >= 4 is 0 Å². The smallest absolute Gasteiger partial charge is 0.0506 e. The van der Waals surface area contributed by atoms with Crippen LogP contribution in [-0.4, -0.2) is 25.8 Å². The highest BCUT2D eigenvalue weighted by atomic mass is 16.5. The largest absolute Gasteiger partial charge is 0.381 e. The molecule has 1 aliphatic rings. The Morgan fingerprint density at radius 2 is 2.20 bits per heavy atom. The molecule has 2 nitrogen and oxygen atoms in total. The summed E-state index contributed by atoms with van der Waals surface area (Å²) in [7, 11) is 0. The predicted octanol–water partition coefficient (Wildman–Crippen LogP) is 1.02. The molecule has 2 heteroatoms. The molecule has 10 heavy (non-hydrogen) atoms. The molecule has 0 bridgehead atoms. The van der Waals surface area contributed by atoms with Gasteiger partial charge in [0.15, 0.2) is 0 Å². The fourth-order valence-corrected chi connectivity index (χ4v) is 1.12. The highest BCUT2D eigenvalue weighted by molar-refractivity contribution is 4.69. The van der Waals surface area contributed by atoms with Gasteiger partial charge in [0.2, 0.25) is 0 Å². The van der Waals surface area contributed by atoms with E-state index in [1.54, 1.807) is 0 Å². The first kappa shape index (κ1) is 8.02. The van der Waals surface area contributed by atoms with Crippen LogP contribution in [0.3, 0.4) is 0 Å². The van der Waals surface area contributed by atoms with Crippen LogP contribution in [0.15, 0.2) is 0 Å². The molecule has 0 amide bonds. The van der Waals surface area contributed by atoms with Crippen molar-refractivity contribution in [2.24, 2.45) is 5.92 Å². The van der Waals surface area contributed by atoms with Gasteiger partial charge in [-0.15, -0.1) is 0 Å². The Morgan fingerprint density at radius 3 is 3.00 bits per heavy atom. The Bertz CT molecular complexity index is 83.3. The standard InChI is InChI=1S/C8H17NO/c1-7-6-10-5-3-4-9-8(7)2/h7-9H,3-6H2,1-2H3. The van der Waals surface area contributed by atoms with E-state index in [-0.39, 0.29) is 0 Å². The van der Waals surface area contributed by atoms with E-state index < -0.39 is 0 Å². The van der Waals surface area contributed by atoms with Gasteiger partial charge in [-0.2, -0.15) is 0 Å². The highest BCUT2D eigenvalue weighted by Gasteiger charge is 2.12. The van der Waals surface area contributed by atoms with Crippen LogP contribution in [0.25, 0.3) is 0 Å². The molecule has 0 spiro atoms. The van der Waals surface area contributed by atoms with Gasteiger partial charge in [0.25, 0.3) is 0 Å². The van der Waals surface area contributed by atoms with Crippen LogP contribution >= 0.6 is 0 Å². The molecule has 0 saturated carbocycles. The molecule has 2 atom stereocenters. The van der Waals surface area contributed by atoms with E-state index in [2.05, 4.69) is 19.2 Å². The fraction of sp³-hybridized carbons (Fsp3) is 1.00. The minimum absolute atomic E-state index is 0.611. The average Bonchev–Trinajstić information content (AvgIpc) is 1.92. The zero-order valence-electron chi connectivity index (χ0n) is 6.89. The molecular formula is C8H17NO. The predicted molar refractivity (Wildman–Crippen MR) is 42.1 cm³/mol. The first-order valence-electron chi connectivity index (χ1n) is 4.12. The number of hydrogen-bond acceptors (Lipinski definition) is 2. The summed E-state index contributed by atoms with van der Waals surface area (Å²) < 4.78 is 5.42. The van der Waals surface area contributed by atoms with Gasteiger partial charge in [-0.05, 0) is 25.8 Å². The number of ether oxygens (including phenoxy) is 1. The molecule has 1 heterocycles. The normalized spacial score (nSPS) is 36.6. The van der Waals surface area contributed by atoms with Crippen molar-refractivity contribution in [3.05, 3.63) is 0 Å². The number of nitrogens with one attached hydrogen (secondary N) is 1. The maximum atomic E-state index is 5.42. The summed E-state index contributed by atoms with van der Waals surface area (Å²) in [5.74, 6) is 0.653. The average molecular weight is 143 g/mol. The van der Waals surface area contributed by atoms with Gasteiger partial charge in [0, 0.05) is 12.6 Å². The fourth-order valence-electron chi connectivity index (χ4n) is 1.12. The SMILES string of the molecule is CC1COCCCNC1C. The molecule has 0 aromatic carbocycles. The quantitative estimate of drug-likeness (QED) is 0.546. The molecule has 2 unspecified atom stereocenters. The third-order valence-electron chi connectivity index (χ3n) is 2.17. The van der Waals surface area contributed by atoms with Crippen LogP contribution in [0.5, 0.6) is 0 Å². The molecule has 0 radical (unpaired) electrons. The molecule has 1 rings (SSSR count). The highest BCUT2D eigenvalue weighted by Crippen LogP contribution is 2.05. The lowest BCUT2D eigenvalue weighted by Crippen LogP contribution is -2.37. The Balaban J connectivity index is 2.28. The summed E-state index contributed by atoms with van der Waals surface area (Å²) in [5, 5.41) is 3.45. The molecule has 1 fully saturated rings. The molecule has 0 aliphatic carbocycles. The lowest BCUT2D eigenvalue weighted by Gasteiger charge is -2.24. The van der Waals surface area contributed by atoms with E-state index in [4.69, 9.17) is 4.74 Å². The molecular weight excluding hydrogens is 126 g/mol.